The highest BCUT2D eigenvalue weighted by Crippen LogP contribution is 2.43. The fraction of sp³-hybridized carbons (Fsp3) is 0.138. The number of nitrogens with two attached hydrogens (primary N) is 1. The number of allylic oxidation sites excluding steroid dienone is 1. The number of amides is 2. The Hall–Kier alpha value is -9.13. The molecular formula is C58H47N5O11S2. The van der Waals surface area contributed by atoms with Gasteiger partial charge in [-0.15, -0.1) is 23.1 Å². The fourth-order valence-electron chi connectivity index (χ4n) is 8.61. The van der Waals surface area contributed by atoms with Gasteiger partial charge in [-0.1, -0.05) is 163 Å². The van der Waals surface area contributed by atoms with Crippen LogP contribution in [0.25, 0.3) is 0 Å². The number of anilines is 1. The van der Waals surface area contributed by atoms with Crippen molar-refractivity contribution < 1.29 is 52.6 Å². The number of thiazole rings is 1. The van der Waals surface area contributed by atoms with Gasteiger partial charge in [-0.25, -0.2) is 14.6 Å². The monoisotopic (exact) mass is 1050 g/mol. The number of thioether (sulfide) groups is 1. The lowest BCUT2D eigenvalue weighted by molar-refractivity contribution is -0.154. The van der Waals surface area contributed by atoms with E-state index in [1.807, 2.05) is 152 Å². The number of ether oxygens (including phenoxy) is 4. The number of hydrogen-bond donors (Lipinski definition) is 2. The summed E-state index contributed by atoms with van der Waals surface area (Å²) in [5, 5.41) is 8.40. The van der Waals surface area contributed by atoms with Gasteiger partial charge in [0.05, 0.1) is 5.56 Å². The molecule has 1 fully saturated rings. The third-order valence-corrected chi connectivity index (χ3v) is 14.0. The van der Waals surface area contributed by atoms with Crippen molar-refractivity contribution in [3.63, 3.8) is 0 Å². The van der Waals surface area contributed by atoms with Crippen molar-refractivity contribution in [3.8, 4) is 11.5 Å². The molecule has 2 atom stereocenters. The van der Waals surface area contributed by atoms with Crippen LogP contribution >= 0.6 is 23.1 Å². The Morgan fingerprint density at radius 1 is 0.750 bits per heavy atom. The number of oxime groups is 1. The van der Waals surface area contributed by atoms with Gasteiger partial charge in [-0.05, 0) is 41.0 Å². The quantitative estimate of drug-likeness (QED) is 0.0205. The molecule has 1 saturated heterocycles. The van der Waals surface area contributed by atoms with Crippen LogP contribution in [0.15, 0.2) is 204 Å². The van der Waals surface area contributed by atoms with Crippen LogP contribution in [0, 0.1) is 0 Å². The second-order valence-electron chi connectivity index (χ2n) is 17.1. The third kappa shape index (κ3) is 11.3. The first-order valence-corrected chi connectivity index (χ1v) is 25.6. The Morgan fingerprint density at radius 3 is 1.82 bits per heavy atom. The zero-order valence-electron chi connectivity index (χ0n) is 40.8. The van der Waals surface area contributed by atoms with Gasteiger partial charge < -0.3 is 34.8 Å². The van der Waals surface area contributed by atoms with E-state index in [-0.39, 0.29) is 51.7 Å². The van der Waals surface area contributed by atoms with E-state index in [4.69, 9.17) is 29.5 Å². The van der Waals surface area contributed by atoms with Crippen LogP contribution in [0.3, 0.4) is 0 Å². The number of esters is 4. The standard InChI is InChI=1S/C58H47N5O11S2/c1-36(64)71-46-31-30-40(33-47(46)72-37(2)65)55(68)70-32-18-23-41-34-75-54-49(53(67)63(54)50(41)56(69)73-51(38-19-8-3-9-20-38)39-21-10-4-11-22-39)61-52(66)48(45-35-76-57(59)60-45)62-74-58(42-24-12-5-13-25-42,43-26-14-6-15-27-43)44-28-16-7-17-29-44/h3-31,33,35,49,51,54H,32,34H2,1-2H3,(H2,59,60)(H,61,66)/b23-18+,62-48-/t49?,54-/m1/s1. The molecule has 1 aromatic heterocycles. The predicted octanol–water partition coefficient (Wildman–Crippen LogP) is 8.69. The van der Waals surface area contributed by atoms with Gasteiger partial charge in [0.25, 0.3) is 11.8 Å². The van der Waals surface area contributed by atoms with E-state index < -0.39 is 58.8 Å². The summed E-state index contributed by atoms with van der Waals surface area (Å²) in [5.74, 6) is -4.47. The first-order chi connectivity index (χ1) is 36.9. The van der Waals surface area contributed by atoms with Gasteiger partial charge in [-0.3, -0.25) is 24.1 Å². The average molecular weight is 1050 g/mol. The summed E-state index contributed by atoms with van der Waals surface area (Å²) >= 11 is 2.38. The number of nitrogens with one attached hydrogen (secondary N) is 1. The van der Waals surface area contributed by atoms with Crippen LogP contribution in [0.1, 0.15) is 63.8 Å². The molecule has 0 saturated carbocycles. The normalized spacial score (nSPS) is 15.3. The smallest absolute Gasteiger partial charge is 0.356 e. The second kappa shape index (κ2) is 23.4. The minimum atomic E-state index is -1.37. The van der Waals surface area contributed by atoms with Crippen molar-refractivity contribution in [2.24, 2.45) is 5.16 Å². The van der Waals surface area contributed by atoms with Crippen LogP contribution in [0.4, 0.5) is 5.13 Å². The van der Waals surface area contributed by atoms with Gasteiger partial charge in [0, 0.05) is 41.7 Å². The number of benzene rings is 6. The number of hydrogen-bond acceptors (Lipinski definition) is 16. The molecule has 9 rings (SSSR count). The van der Waals surface area contributed by atoms with E-state index in [1.54, 1.807) is 11.5 Å². The summed E-state index contributed by atoms with van der Waals surface area (Å²) in [7, 11) is 0. The minimum absolute atomic E-state index is 0.00634. The topological polar surface area (TPSA) is 215 Å². The van der Waals surface area contributed by atoms with E-state index in [1.165, 1.54) is 47.9 Å². The summed E-state index contributed by atoms with van der Waals surface area (Å²) in [6.07, 6.45) is 2.18. The van der Waals surface area contributed by atoms with E-state index >= 15 is 0 Å². The lowest BCUT2D eigenvalue weighted by Gasteiger charge is -2.49. The number of aromatic nitrogens is 1. The SMILES string of the molecule is CC(=O)Oc1ccc(C(=O)OC/C=C/C2=C(C(=O)OC(c3ccccc3)c3ccccc3)N3C(=O)C(NC(=O)/C(=N\OC(c4ccccc4)(c4ccccc4)c4ccccc4)c4csc(N)n4)[C@H]3SC2)cc1OC(C)=O. The molecule has 2 aliphatic heterocycles. The van der Waals surface area contributed by atoms with Gasteiger partial charge in [0.2, 0.25) is 5.60 Å². The van der Waals surface area contributed by atoms with Crippen molar-refractivity contribution in [3.05, 3.63) is 238 Å². The maximum atomic E-state index is 14.8. The molecule has 76 heavy (non-hydrogen) atoms. The largest absolute Gasteiger partial charge is 0.458 e. The molecule has 7 aromatic rings. The molecule has 2 amide bonds. The molecule has 3 N–H and O–H groups in total. The number of fused-ring (bicyclic) bond motifs is 1. The molecule has 18 heteroatoms. The molecule has 3 heterocycles. The van der Waals surface area contributed by atoms with Crippen LogP contribution in [0.2, 0.25) is 0 Å². The number of nitrogen functional groups attached to an aromatic ring is 1. The Balaban J connectivity index is 1.02. The predicted molar refractivity (Wildman–Crippen MR) is 285 cm³/mol. The van der Waals surface area contributed by atoms with E-state index in [2.05, 4.69) is 15.5 Å². The maximum Gasteiger partial charge on any atom is 0.356 e. The summed E-state index contributed by atoms with van der Waals surface area (Å²) < 4.78 is 22.1. The van der Waals surface area contributed by atoms with E-state index in [0.29, 0.717) is 16.7 Å². The Bertz CT molecular complexity index is 3240. The number of nitrogens with zero attached hydrogens (tertiary/aromatic N) is 3. The zero-order valence-corrected chi connectivity index (χ0v) is 42.4. The minimum Gasteiger partial charge on any atom is -0.458 e. The van der Waals surface area contributed by atoms with Crippen LogP contribution in [0.5, 0.6) is 11.5 Å². The van der Waals surface area contributed by atoms with Crippen molar-refractivity contribution in [1.29, 1.82) is 0 Å². The first kappa shape index (κ1) is 51.8. The fourth-order valence-corrected chi connectivity index (χ4v) is 10.5. The summed E-state index contributed by atoms with van der Waals surface area (Å²) in [5.41, 5.74) is 8.40. The maximum absolute atomic E-state index is 14.8. The van der Waals surface area contributed by atoms with E-state index in [0.717, 1.165) is 35.0 Å². The summed E-state index contributed by atoms with van der Waals surface area (Å²) in [6.45, 7) is 2.04. The molecule has 16 nitrogen and oxygen atoms in total. The lowest BCUT2D eigenvalue weighted by atomic mass is 9.80. The van der Waals surface area contributed by atoms with Gasteiger partial charge in [-0.2, -0.15) is 0 Å². The molecule has 382 valence electrons. The summed E-state index contributed by atoms with van der Waals surface area (Å²) in [4.78, 5) is 93.1. The van der Waals surface area contributed by atoms with E-state index in [9.17, 15) is 28.8 Å². The van der Waals surface area contributed by atoms with Crippen molar-refractivity contribution in [2.45, 2.75) is 37.0 Å². The van der Waals surface area contributed by atoms with Crippen LogP contribution < -0.4 is 20.5 Å². The van der Waals surface area contributed by atoms with Gasteiger partial charge in [0.15, 0.2) is 28.4 Å². The second-order valence-corrected chi connectivity index (χ2v) is 19.1. The number of β-lactam (4-membered cyclic amide) rings is 1. The highest BCUT2D eigenvalue weighted by Gasteiger charge is 2.55. The van der Waals surface area contributed by atoms with Gasteiger partial charge in [0.1, 0.15) is 29.4 Å². The zero-order chi connectivity index (χ0) is 53.2. The highest BCUT2D eigenvalue weighted by atomic mass is 32.2. The van der Waals surface area contributed by atoms with Crippen LogP contribution in [-0.2, 0) is 43.9 Å². The Labute approximate surface area is 444 Å². The number of rotatable bonds is 18. The molecule has 0 bridgehead atoms. The van der Waals surface area contributed by atoms with Crippen molar-refractivity contribution in [1.82, 2.24) is 15.2 Å². The third-order valence-electron chi connectivity index (χ3n) is 12.0. The molecular weight excluding hydrogens is 1010 g/mol. The average Bonchev–Trinajstić information content (AvgIpc) is 3.91. The molecule has 6 aromatic carbocycles. The van der Waals surface area contributed by atoms with Gasteiger partial charge >= 0.3 is 23.9 Å². The number of carbonyl (C=O) groups is 6. The first-order valence-electron chi connectivity index (χ1n) is 23.7. The Morgan fingerprint density at radius 2 is 1.29 bits per heavy atom. The van der Waals surface area contributed by atoms with Crippen molar-refractivity contribution in [2.75, 3.05) is 18.1 Å². The molecule has 2 aliphatic rings. The van der Waals surface area contributed by atoms with Crippen LogP contribution in [-0.4, -0.2) is 75.1 Å². The Kier molecular flexibility index (Phi) is 15.9. The molecule has 0 radical (unpaired) electrons. The van der Waals surface area contributed by atoms with Crippen molar-refractivity contribution >= 4 is 69.6 Å². The number of carbonyl (C=O) groups excluding carboxylic acids is 6. The molecule has 1 unspecified atom stereocenters. The molecule has 0 spiro atoms. The lowest BCUT2D eigenvalue weighted by Crippen LogP contribution is -2.71. The highest BCUT2D eigenvalue weighted by molar-refractivity contribution is 8.00. The summed E-state index contributed by atoms with van der Waals surface area (Å²) in [6, 6.07) is 49.4. The molecule has 0 aliphatic carbocycles.